The molecule has 0 aliphatic carbocycles. The van der Waals surface area contributed by atoms with E-state index in [0.29, 0.717) is 28.3 Å². The molecule has 0 fully saturated rings. The van der Waals surface area contributed by atoms with Crippen LogP contribution in [0.3, 0.4) is 0 Å². The van der Waals surface area contributed by atoms with E-state index in [1.807, 2.05) is 6.92 Å². The van der Waals surface area contributed by atoms with Gasteiger partial charge in [0.05, 0.1) is 6.21 Å². The maximum absolute atomic E-state index is 13.7. The van der Waals surface area contributed by atoms with Gasteiger partial charge in [-0.25, -0.2) is 9.82 Å². The zero-order valence-corrected chi connectivity index (χ0v) is 16.3. The number of hydrogen-bond acceptors (Lipinski definition) is 4. The average molecular weight is 406 g/mol. The Morgan fingerprint density at radius 1 is 1.25 bits per heavy atom. The van der Waals surface area contributed by atoms with Gasteiger partial charge in [-0.15, -0.1) is 0 Å². The molecule has 0 saturated heterocycles. The topological polar surface area (TPSA) is 79.8 Å². The molecular weight excluding hydrogens is 385 g/mol. The number of rotatable bonds is 7. The lowest BCUT2D eigenvalue weighted by atomic mass is 10.2. The van der Waals surface area contributed by atoms with Crippen LogP contribution in [0.2, 0.25) is 5.02 Å². The van der Waals surface area contributed by atoms with Crippen molar-refractivity contribution in [3.63, 3.8) is 0 Å². The van der Waals surface area contributed by atoms with Crippen molar-refractivity contribution in [3.8, 4) is 5.75 Å². The Bertz CT molecular complexity index is 874. The third-order valence-corrected chi connectivity index (χ3v) is 4.11. The summed E-state index contributed by atoms with van der Waals surface area (Å²) in [5, 5.41) is 6.74. The van der Waals surface area contributed by atoms with E-state index in [0.717, 1.165) is 0 Å². The minimum absolute atomic E-state index is 0.0127. The smallest absolute Gasteiger partial charge is 0.329 e. The van der Waals surface area contributed by atoms with Crippen LogP contribution in [0.5, 0.6) is 5.75 Å². The number of hydrazone groups is 1. The summed E-state index contributed by atoms with van der Waals surface area (Å²) in [6.07, 6.45) is 2.00. The fourth-order valence-corrected chi connectivity index (χ4v) is 2.31. The second-order valence-electron chi connectivity index (χ2n) is 6.04. The van der Waals surface area contributed by atoms with E-state index in [9.17, 15) is 14.0 Å². The summed E-state index contributed by atoms with van der Waals surface area (Å²) < 4.78 is 19.4. The van der Waals surface area contributed by atoms with Crippen LogP contribution in [-0.2, 0) is 16.2 Å². The quantitative estimate of drug-likeness (QED) is 0.421. The number of amides is 2. The Morgan fingerprint density at radius 3 is 2.71 bits per heavy atom. The van der Waals surface area contributed by atoms with Gasteiger partial charge in [0.1, 0.15) is 18.2 Å². The Hall–Kier alpha value is -2.93. The first-order valence-electron chi connectivity index (χ1n) is 8.70. The van der Waals surface area contributed by atoms with Gasteiger partial charge in [-0.3, -0.25) is 9.59 Å². The maximum atomic E-state index is 13.7. The monoisotopic (exact) mass is 405 g/mol. The van der Waals surface area contributed by atoms with Crippen LogP contribution in [0.25, 0.3) is 0 Å². The van der Waals surface area contributed by atoms with Crippen molar-refractivity contribution < 1.29 is 18.7 Å². The summed E-state index contributed by atoms with van der Waals surface area (Å²) >= 11 is 6.00. The molecule has 0 unspecified atom stereocenters. The fourth-order valence-electron chi connectivity index (χ4n) is 2.13. The lowest BCUT2D eigenvalue weighted by Crippen LogP contribution is -2.41. The fraction of sp³-hybridized carbons (Fsp3) is 0.250. The van der Waals surface area contributed by atoms with Crippen molar-refractivity contribution >= 4 is 29.6 Å². The second-order valence-corrected chi connectivity index (χ2v) is 6.48. The van der Waals surface area contributed by atoms with Crippen molar-refractivity contribution in [1.82, 2.24) is 10.7 Å². The van der Waals surface area contributed by atoms with Gasteiger partial charge in [0.15, 0.2) is 0 Å². The average Bonchev–Trinajstić information content (AvgIpc) is 2.68. The van der Waals surface area contributed by atoms with Crippen molar-refractivity contribution in [3.05, 3.63) is 64.4 Å². The van der Waals surface area contributed by atoms with Gasteiger partial charge in [0, 0.05) is 22.2 Å². The van der Waals surface area contributed by atoms with Crippen molar-refractivity contribution in [2.45, 2.75) is 32.9 Å². The number of halogens is 2. The van der Waals surface area contributed by atoms with Crippen LogP contribution < -0.4 is 15.5 Å². The van der Waals surface area contributed by atoms with Crippen LogP contribution in [-0.4, -0.2) is 24.1 Å². The van der Waals surface area contributed by atoms with E-state index in [4.69, 9.17) is 16.3 Å². The van der Waals surface area contributed by atoms with E-state index >= 15 is 0 Å². The highest BCUT2D eigenvalue weighted by Gasteiger charge is 2.14. The molecule has 148 valence electrons. The van der Waals surface area contributed by atoms with E-state index in [1.165, 1.54) is 12.3 Å². The van der Waals surface area contributed by atoms with Gasteiger partial charge in [0.25, 0.3) is 0 Å². The lowest BCUT2D eigenvalue weighted by molar-refractivity contribution is -0.139. The third-order valence-electron chi connectivity index (χ3n) is 3.88. The number of carbonyl (C=O) groups is 2. The summed E-state index contributed by atoms with van der Waals surface area (Å²) in [6.45, 7) is 3.70. The molecule has 28 heavy (non-hydrogen) atoms. The minimum Gasteiger partial charge on any atom is -0.488 e. The molecule has 2 rings (SSSR count). The molecule has 0 aromatic heterocycles. The maximum Gasteiger partial charge on any atom is 0.329 e. The molecule has 0 aliphatic heterocycles. The summed E-state index contributed by atoms with van der Waals surface area (Å²) in [6, 6.07) is 11.0. The van der Waals surface area contributed by atoms with Gasteiger partial charge >= 0.3 is 11.8 Å². The molecule has 0 heterocycles. The molecule has 0 saturated carbocycles. The van der Waals surface area contributed by atoms with Gasteiger partial charge < -0.3 is 10.1 Å². The molecule has 2 aromatic rings. The van der Waals surface area contributed by atoms with Gasteiger partial charge in [-0.05, 0) is 37.6 Å². The van der Waals surface area contributed by atoms with Crippen molar-refractivity contribution in [1.29, 1.82) is 0 Å². The van der Waals surface area contributed by atoms with E-state index in [2.05, 4.69) is 15.8 Å². The number of nitrogens with one attached hydrogen (secondary N) is 2. The molecular formula is C20H21ClFN3O3. The van der Waals surface area contributed by atoms with Crippen LogP contribution in [0.4, 0.5) is 4.39 Å². The van der Waals surface area contributed by atoms with E-state index in [-0.39, 0.29) is 18.5 Å². The first-order chi connectivity index (χ1) is 13.4. The van der Waals surface area contributed by atoms with Gasteiger partial charge in [-0.2, -0.15) is 5.10 Å². The molecule has 0 bridgehead atoms. The molecule has 0 aliphatic rings. The Morgan fingerprint density at radius 2 is 2.00 bits per heavy atom. The summed E-state index contributed by atoms with van der Waals surface area (Å²) in [5.41, 5.74) is 3.01. The standard InChI is InChI=1S/C20H21ClFN3O3/c1-3-13(2)24-19(26)20(27)25-23-11-15-10-16(21)8-9-18(15)28-12-14-6-4-5-7-17(14)22/h4-11,13H,3,12H2,1-2H3,(H,24,26)(H,25,27)/b23-11-/t13-/m0/s1. The SMILES string of the molecule is CC[C@H](C)NC(=O)C(=O)N/N=C\c1cc(Cl)ccc1OCc1ccccc1F. The number of nitrogens with zero attached hydrogens (tertiary/aromatic N) is 1. The first kappa shape index (κ1) is 21.4. The third kappa shape index (κ3) is 6.35. The molecule has 1 atom stereocenters. The Balaban J connectivity index is 2.03. The summed E-state index contributed by atoms with van der Waals surface area (Å²) in [7, 11) is 0. The van der Waals surface area contributed by atoms with Crippen LogP contribution in [0, 0.1) is 5.82 Å². The minimum atomic E-state index is -0.882. The number of carbonyl (C=O) groups excluding carboxylic acids is 2. The van der Waals surface area contributed by atoms with Gasteiger partial charge in [-0.1, -0.05) is 36.7 Å². The Kier molecular flexibility index (Phi) is 7.95. The Labute approximate surface area is 167 Å². The summed E-state index contributed by atoms with van der Waals surface area (Å²) in [5.74, 6) is -1.62. The molecule has 0 radical (unpaired) electrons. The lowest BCUT2D eigenvalue weighted by Gasteiger charge is -2.11. The highest BCUT2D eigenvalue weighted by molar-refractivity contribution is 6.35. The highest BCUT2D eigenvalue weighted by Crippen LogP contribution is 2.23. The molecule has 0 spiro atoms. The molecule has 8 heteroatoms. The number of hydrogen-bond donors (Lipinski definition) is 2. The van der Waals surface area contributed by atoms with Crippen molar-refractivity contribution in [2.24, 2.45) is 5.10 Å². The van der Waals surface area contributed by atoms with Crippen LogP contribution >= 0.6 is 11.6 Å². The predicted octanol–water partition coefficient (Wildman–Crippen LogP) is 3.42. The summed E-state index contributed by atoms with van der Waals surface area (Å²) in [4.78, 5) is 23.4. The molecule has 6 nitrogen and oxygen atoms in total. The highest BCUT2D eigenvalue weighted by atomic mass is 35.5. The number of ether oxygens (including phenoxy) is 1. The molecule has 2 aromatic carbocycles. The zero-order chi connectivity index (χ0) is 20.5. The second kappa shape index (κ2) is 10.4. The molecule has 2 amide bonds. The van der Waals surface area contributed by atoms with E-state index < -0.39 is 11.8 Å². The predicted molar refractivity (Wildman–Crippen MR) is 106 cm³/mol. The van der Waals surface area contributed by atoms with Crippen LogP contribution in [0.15, 0.2) is 47.6 Å². The van der Waals surface area contributed by atoms with Crippen molar-refractivity contribution in [2.75, 3.05) is 0 Å². The van der Waals surface area contributed by atoms with Crippen LogP contribution in [0.1, 0.15) is 31.4 Å². The van der Waals surface area contributed by atoms with E-state index in [1.54, 1.807) is 43.3 Å². The molecule has 2 N–H and O–H groups in total. The zero-order valence-electron chi connectivity index (χ0n) is 15.5. The normalized spacial score (nSPS) is 11.9. The first-order valence-corrected chi connectivity index (χ1v) is 9.08. The number of benzene rings is 2. The largest absolute Gasteiger partial charge is 0.488 e. The van der Waals surface area contributed by atoms with Gasteiger partial charge in [0.2, 0.25) is 0 Å².